The number of ether oxygens (including phenoxy) is 1. The molecule has 1 aliphatic carbocycles. The lowest BCUT2D eigenvalue weighted by molar-refractivity contribution is 0.0690. The molecule has 0 amide bonds. The van der Waals surface area contributed by atoms with E-state index < -0.39 is 17.6 Å². The van der Waals surface area contributed by atoms with Crippen molar-refractivity contribution < 1.29 is 23.4 Å². The average Bonchev–Trinajstić information content (AvgIpc) is 3.23. The van der Waals surface area contributed by atoms with Crippen LogP contribution in [0.3, 0.4) is 0 Å². The molecule has 152 valence electrons. The molecule has 1 heterocycles. The van der Waals surface area contributed by atoms with Crippen LogP contribution in [-0.4, -0.2) is 21.0 Å². The maximum atomic E-state index is 13.8. The van der Waals surface area contributed by atoms with Gasteiger partial charge in [0.2, 0.25) is 0 Å². The third kappa shape index (κ3) is 4.20. The average molecular weight is 408 g/mol. The fourth-order valence-corrected chi connectivity index (χ4v) is 3.53. The molecule has 3 aromatic rings. The van der Waals surface area contributed by atoms with Gasteiger partial charge in [-0.3, -0.25) is 4.98 Å². The Labute approximate surface area is 171 Å². The van der Waals surface area contributed by atoms with Gasteiger partial charge in [0.15, 0.2) is 5.69 Å². The summed E-state index contributed by atoms with van der Waals surface area (Å²) in [5, 5.41) is 9.18. The molecule has 5 nitrogen and oxygen atoms in total. The molecule has 1 aromatic heterocycles. The van der Waals surface area contributed by atoms with Crippen LogP contribution in [0.1, 0.15) is 46.6 Å². The predicted octanol–water partition coefficient (Wildman–Crippen LogP) is 5.13. The van der Waals surface area contributed by atoms with Gasteiger partial charge in [0.05, 0.1) is 18.1 Å². The van der Waals surface area contributed by atoms with Crippen molar-refractivity contribution in [2.75, 3.05) is 0 Å². The Morgan fingerprint density at radius 2 is 1.90 bits per heavy atom. The summed E-state index contributed by atoms with van der Waals surface area (Å²) in [6.07, 6.45) is 5.33. The highest BCUT2D eigenvalue weighted by molar-refractivity contribution is 5.93. The largest absolute Gasteiger partial charge is 0.489 e. The Balaban J connectivity index is 1.60. The van der Waals surface area contributed by atoms with E-state index in [2.05, 4.69) is 9.97 Å². The first-order chi connectivity index (χ1) is 14.5. The van der Waals surface area contributed by atoms with Crippen LogP contribution in [-0.2, 0) is 6.61 Å². The number of carbonyl (C=O) groups is 1. The Hall–Kier alpha value is -3.61. The Morgan fingerprint density at radius 1 is 1.07 bits per heavy atom. The minimum atomic E-state index is -1.12. The molecule has 0 bridgehead atoms. The Morgan fingerprint density at radius 3 is 2.70 bits per heavy atom. The van der Waals surface area contributed by atoms with Crippen molar-refractivity contribution >= 4 is 17.1 Å². The molecule has 0 atom stereocenters. The SMILES string of the molecule is O=C(O)c1cncc(C2=C(c3cccc(OCc4ccc(F)cc4F)c3)CCC2)n1. The van der Waals surface area contributed by atoms with E-state index >= 15 is 0 Å². The fourth-order valence-electron chi connectivity index (χ4n) is 3.53. The first kappa shape index (κ1) is 19.7. The molecule has 1 aliphatic rings. The topological polar surface area (TPSA) is 72.3 Å². The van der Waals surface area contributed by atoms with Crippen LogP contribution in [0.2, 0.25) is 0 Å². The molecule has 4 rings (SSSR count). The molecule has 0 saturated heterocycles. The number of carboxylic acid groups (broad SMARTS) is 1. The molecule has 0 saturated carbocycles. The molecule has 1 N–H and O–H groups in total. The summed E-state index contributed by atoms with van der Waals surface area (Å²) >= 11 is 0. The monoisotopic (exact) mass is 408 g/mol. The van der Waals surface area contributed by atoms with Crippen LogP contribution in [0.5, 0.6) is 5.75 Å². The highest BCUT2D eigenvalue weighted by Gasteiger charge is 2.20. The second-order valence-electron chi connectivity index (χ2n) is 6.96. The predicted molar refractivity (Wildman–Crippen MR) is 107 cm³/mol. The molecule has 0 spiro atoms. The highest BCUT2D eigenvalue weighted by Crippen LogP contribution is 2.39. The molecule has 0 unspecified atom stereocenters. The number of hydrogen-bond acceptors (Lipinski definition) is 4. The smallest absolute Gasteiger partial charge is 0.356 e. The number of rotatable bonds is 6. The van der Waals surface area contributed by atoms with Gasteiger partial charge in [-0.1, -0.05) is 12.1 Å². The van der Waals surface area contributed by atoms with E-state index in [1.54, 1.807) is 12.3 Å². The summed E-state index contributed by atoms with van der Waals surface area (Å²) in [4.78, 5) is 19.4. The lowest BCUT2D eigenvalue weighted by Gasteiger charge is -2.11. The third-order valence-corrected chi connectivity index (χ3v) is 4.97. The Bertz CT molecular complexity index is 1140. The van der Waals surface area contributed by atoms with E-state index in [-0.39, 0.29) is 17.9 Å². The van der Waals surface area contributed by atoms with E-state index in [9.17, 15) is 18.7 Å². The molecular weight excluding hydrogens is 390 g/mol. The number of carboxylic acids is 1. The van der Waals surface area contributed by atoms with Crippen molar-refractivity contribution in [3.8, 4) is 5.75 Å². The number of aromatic carboxylic acids is 1. The Kier molecular flexibility index (Phi) is 5.52. The third-order valence-electron chi connectivity index (χ3n) is 4.97. The van der Waals surface area contributed by atoms with E-state index in [1.165, 1.54) is 18.3 Å². The van der Waals surface area contributed by atoms with Crippen LogP contribution in [0.4, 0.5) is 8.78 Å². The van der Waals surface area contributed by atoms with Crippen molar-refractivity contribution in [2.45, 2.75) is 25.9 Å². The van der Waals surface area contributed by atoms with Gasteiger partial charge in [0, 0.05) is 11.6 Å². The van der Waals surface area contributed by atoms with Crippen LogP contribution in [0.15, 0.2) is 54.9 Å². The maximum absolute atomic E-state index is 13.8. The van der Waals surface area contributed by atoms with Gasteiger partial charge in [0.25, 0.3) is 0 Å². The second-order valence-corrected chi connectivity index (χ2v) is 6.96. The van der Waals surface area contributed by atoms with E-state index in [0.717, 1.165) is 42.0 Å². The van der Waals surface area contributed by atoms with Crippen molar-refractivity contribution in [3.05, 3.63) is 89.0 Å². The number of allylic oxidation sites excluding steroid dienone is 2. The number of hydrogen-bond donors (Lipinski definition) is 1. The lowest BCUT2D eigenvalue weighted by atomic mass is 10.00. The van der Waals surface area contributed by atoms with Crippen molar-refractivity contribution in [1.82, 2.24) is 9.97 Å². The van der Waals surface area contributed by atoms with Gasteiger partial charge in [-0.05, 0) is 60.2 Å². The minimum Gasteiger partial charge on any atom is -0.489 e. The number of nitrogens with zero attached hydrogens (tertiary/aromatic N) is 2. The molecule has 0 radical (unpaired) electrons. The van der Waals surface area contributed by atoms with Crippen LogP contribution >= 0.6 is 0 Å². The van der Waals surface area contributed by atoms with E-state index in [4.69, 9.17) is 4.74 Å². The lowest BCUT2D eigenvalue weighted by Crippen LogP contribution is -2.03. The van der Waals surface area contributed by atoms with Gasteiger partial charge in [-0.25, -0.2) is 18.6 Å². The number of benzene rings is 2. The van der Waals surface area contributed by atoms with Gasteiger partial charge in [-0.15, -0.1) is 0 Å². The van der Waals surface area contributed by atoms with E-state index in [1.807, 2.05) is 18.2 Å². The molecule has 0 fully saturated rings. The zero-order valence-electron chi connectivity index (χ0n) is 15.9. The highest BCUT2D eigenvalue weighted by atomic mass is 19.1. The summed E-state index contributed by atoms with van der Waals surface area (Å²) in [5.41, 5.74) is 3.69. The molecule has 2 aromatic carbocycles. The number of halogens is 2. The van der Waals surface area contributed by atoms with Gasteiger partial charge in [0.1, 0.15) is 24.0 Å². The summed E-state index contributed by atoms with van der Waals surface area (Å²) in [5.74, 6) is -1.84. The van der Waals surface area contributed by atoms with Crippen molar-refractivity contribution in [1.29, 1.82) is 0 Å². The van der Waals surface area contributed by atoms with Gasteiger partial charge in [-0.2, -0.15) is 0 Å². The zero-order chi connectivity index (χ0) is 21.1. The van der Waals surface area contributed by atoms with Crippen LogP contribution in [0, 0.1) is 11.6 Å². The maximum Gasteiger partial charge on any atom is 0.356 e. The van der Waals surface area contributed by atoms with Crippen LogP contribution < -0.4 is 4.74 Å². The molecule has 0 aliphatic heterocycles. The molecule has 30 heavy (non-hydrogen) atoms. The van der Waals surface area contributed by atoms with E-state index in [0.29, 0.717) is 11.4 Å². The van der Waals surface area contributed by atoms with Gasteiger partial charge < -0.3 is 9.84 Å². The van der Waals surface area contributed by atoms with Crippen molar-refractivity contribution in [3.63, 3.8) is 0 Å². The molecular formula is C23H18F2N2O3. The van der Waals surface area contributed by atoms with Gasteiger partial charge >= 0.3 is 5.97 Å². The fraction of sp³-hybridized carbons (Fsp3) is 0.174. The minimum absolute atomic E-state index is 0.0202. The summed E-state index contributed by atoms with van der Waals surface area (Å²) in [6, 6.07) is 10.8. The van der Waals surface area contributed by atoms with Crippen LogP contribution in [0.25, 0.3) is 11.1 Å². The van der Waals surface area contributed by atoms with Crippen molar-refractivity contribution in [2.24, 2.45) is 0 Å². The normalized spacial score (nSPS) is 13.5. The number of aromatic nitrogens is 2. The first-order valence-electron chi connectivity index (χ1n) is 9.46. The zero-order valence-corrected chi connectivity index (χ0v) is 15.9. The summed E-state index contributed by atoms with van der Waals surface area (Å²) < 4.78 is 32.6. The summed E-state index contributed by atoms with van der Waals surface area (Å²) in [7, 11) is 0. The quantitative estimate of drug-likeness (QED) is 0.612. The second kappa shape index (κ2) is 8.41. The summed E-state index contributed by atoms with van der Waals surface area (Å²) in [6.45, 7) is -0.0202. The molecule has 7 heteroatoms. The standard InChI is InChI=1S/C23H18F2N2O3/c24-16-8-7-15(20(25)10-16)13-30-17-4-1-3-14(9-17)18-5-2-6-19(18)21-11-26-12-22(27-21)23(28)29/h1,3-4,7-12H,2,5-6,13H2,(H,28,29). The first-order valence-corrected chi connectivity index (χ1v) is 9.46.